The molecule has 0 saturated carbocycles. The van der Waals surface area contributed by atoms with Crippen molar-refractivity contribution < 1.29 is 9.59 Å². The number of rotatable bonds is 5. The molecule has 0 aromatic carbocycles. The Morgan fingerprint density at radius 1 is 1.27 bits per heavy atom. The van der Waals surface area contributed by atoms with Gasteiger partial charge in [0.15, 0.2) is 6.29 Å². The van der Waals surface area contributed by atoms with E-state index in [4.69, 9.17) is 0 Å². The van der Waals surface area contributed by atoms with Crippen LogP contribution in [-0.4, -0.2) is 65.7 Å². The first-order valence-electron chi connectivity index (χ1n) is 9.80. The number of nitrogens with zero attached hydrogens (tertiary/aromatic N) is 3. The normalized spacial score (nSPS) is 24.7. The third-order valence-corrected chi connectivity index (χ3v) is 5.03. The van der Waals surface area contributed by atoms with Crippen molar-refractivity contribution in [3.8, 4) is 0 Å². The SMILES string of the molecule is C=C1C(C)N(C(=O)/C=C/C2CCCN2C)CCN1/C(C=O)=C\CC.CC. The number of piperazine rings is 1. The Labute approximate surface area is 159 Å². The number of carbonyl (C=O) groups excluding carboxylic acids is 2. The molecule has 2 aliphatic rings. The fourth-order valence-corrected chi connectivity index (χ4v) is 3.45. The lowest BCUT2D eigenvalue weighted by Crippen LogP contribution is -2.51. The van der Waals surface area contributed by atoms with Crippen LogP contribution in [0.25, 0.3) is 0 Å². The monoisotopic (exact) mass is 361 g/mol. The molecule has 0 spiro atoms. The second kappa shape index (κ2) is 11.0. The fourth-order valence-electron chi connectivity index (χ4n) is 3.45. The van der Waals surface area contributed by atoms with E-state index in [0.29, 0.717) is 24.8 Å². The lowest BCUT2D eigenvalue weighted by Gasteiger charge is -2.42. The van der Waals surface area contributed by atoms with E-state index >= 15 is 0 Å². The van der Waals surface area contributed by atoms with Crippen molar-refractivity contribution in [3.63, 3.8) is 0 Å². The van der Waals surface area contributed by atoms with Gasteiger partial charge in [-0.2, -0.15) is 0 Å². The van der Waals surface area contributed by atoms with Gasteiger partial charge in [-0.25, -0.2) is 0 Å². The van der Waals surface area contributed by atoms with E-state index in [0.717, 1.165) is 31.4 Å². The van der Waals surface area contributed by atoms with Gasteiger partial charge >= 0.3 is 0 Å². The maximum absolute atomic E-state index is 12.6. The van der Waals surface area contributed by atoms with E-state index in [-0.39, 0.29) is 11.9 Å². The van der Waals surface area contributed by atoms with Gasteiger partial charge in [0.2, 0.25) is 5.91 Å². The largest absolute Gasteiger partial charge is 0.339 e. The van der Waals surface area contributed by atoms with Crippen molar-refractivity contribution in [2.75, 3.05) is 26.7 Å². The molecule has 2 rings (SSSR count). The summed E-state index contributed by atoms with van der Waals surface area (Å²) in [5.41, 5.74) is 1.44. The van der Waals surface area contributed by atoms with Crippen molar-refractivity contribution in [2.24, 2.45) is 0 Å². The van der Waals surface area contributed by atoms with Crippen LogP contribution in [0.4, 0.5) is 0 Å². The topological polar surface area (TPSA) is 43.9 Å². The van der Waals surface area contributed by atoms with Crippen LogP contribution >= 0.6 is 0 Å². The standard InChI is InChI=1S/C19H29N3O2.C2H6/c1-5-7-18(14-23)21-12-13-22(16(3)15(21)2)19(24)10-9-17-8-6-11-20(17)4;1-2/h7,9-10,14,16-17H,2,5-6,8,11-13H2,1,3-4H3;1-2H3/b10-9+,18-7-;. The minimum Gasteiger partial charge on any atom is -0.339 e. The number of amides is 1. The highest BCUT2D eigenvalue weighted by atomic mass is 16.2. The van der Waals surface area contributed by atoms with E-state index in [9.17, 15) is 9.59 Å². The van der Waals surface area contributed by atoms with Gasteiger partial charge in [-0.1, -0.05) is 39.5 Å². The third kappa shape index (κ3) is 5.31. The van der Waals surface area contributed by atoms with E-state index < -0.39 is 0 Å². The summed E-state index contributed by atoms with van der Waals surface area (Å²) in [7, 11) is 2.09. The van der Waals surface area contributed by atoms with E-state index in [2.05, 4.69) is 18.5 Å². The van der Waals surface area contributed by atoms with Crippen LogP contribution in [0.5, 0.6) is 0 Å². The number of carbonyl (C=O) groups is 2. The number of likely N-dealkylation sites (N-methyl/N-ethyl adjacent to an activating group) is 1. The van der Waals surface area contributed by atoms with Crippen LogP contribution in [0.1, 0.15) is 47.0 Å². The number of likely N-dealkylation sites (tertiary alicyclic amines) is 1. The van der Waals surface area contributed by atoms with Crippen LogP contribution < -0.4 is 0 Å². The van der Waals surface area contributed by atoms with Crippen LogP contribution in [-0.2, 0) is 9.59 Å². The average molecular weight is 362 g/mol. The van der Waals surface area contributed by atoms with Crippen molar-refractivity contribution >= 4 is 12.2 Å². The van der Waals surface area contributed by atoms with Gasteiger partial charge in [0.25, 0.3) is 0 Å². The third-order valence-electron chi connectivity index (χ3n) is 5.03. The van der Waals surface area contributed by atoms with E-state index in [1.165, 1.54) is 6.42 Å². The van der Waals surface area contributed by atoms with Crippen molar-refractivity contribution in [1.82, 2.24) is 14.7 Å². The predicted octanol–water partition coefficient (Wildman–Crippen LogP) is 3.20. The lowest BCUT2D eigenvalue weighted by molar-refractivity contribution is -0.128. The zero-order valence-electron chi connectivity index (χ0n) is 17.1. The molecule has 0 aromatic heterocycles. The van der Waals surface area contributed by atoms with Crippen LogP contribution in [0.2, 0.25) is 0 Å². The van der Waals surface area contributed by atoms with Crippen molar-refractivity contribution in [3.05, 3.63) is 36.2 Å². The molecule has 2 aliphatic heterocycles. The molecule has 26 heavy (non-hydrogen) atoms. The highest BCUT2D eigenvalue weighted by molar-refractivity contribution is 5.88. The predicted molar refractivity (Wildman–Crippen MR) is 108 cm³/mol. The molecule has 2 saturated heterocycles. The molecule has 5 heteroatoms. The number of hydrogen-bond donors (Lipinski definition) is 0. The summed E-state index contributed by atoms with van der Waals surface area (Å²) in [6.45, 7) is 14.4. The molecule has 1 amide bonds. The first-order chi connectivity index (χ1) is 12.5. The molecule has 2 heterocycles. The van der Waals surface area contributed by atoms with Gasteiger partial charge in [0.1, 0.15) is 0 Å². The van der Waals surface area contributed by atoms with Crippen LogP contribution in [0.3, 0.4) is 0 Å². The summed E-state index contributed by atoms with van der Waals surface area (Å²) in [5.74, 6) is 0.0238. The maximum Gasteiger partial charge on any atom is 0.246 e. The highest BCUT2D eigenvalue weighted by Crippen LogP contribution is 2.23. The molecule has 0 aromatic rings. The smallest absolute Gasteiger partial charge is 0.246 e. The Kier molecular flexibility index (Phi) is 9.35. The molecule has 0 aliphatic carbocycles. The Morgan fingerprint density at radius 2 is 1.96 bits per heavy atom. The van der Waals surface area contributed by atoms with E-state index in [1.807, 2.05) is 49.6 Å². The first kappa shape index (κ1) is 22.2. The number of allylic oxidation sites excluding steroid dienone is 2. The lowest BCUT2D eigenvalue weighted by atomic mass is 10.1. The maximum atomic E-state index is 12.6. The molecule has 0 bridgehead atoms. The quantitative estimate of drug-likeness (QED) is 0.557. The fraction of sp³-hybridized carbons (Fsp3) is 0.619. The van der Waals surface area contributed by atoms with Crippen molar-refractivity contribution in [1.29, 1.82) is 0 Å². The van der Waals surface area contributed by atoms with Crippen molar-refractivity contribution in [2.45, 2.75) is 59.0 Å². The highest BCUT2D eigenvalue weighted by Gasteiger charge is 2.30. The summed E-state index contributed by atoms with van der Waals surface area (Å²) in [4.78, 5) is 29.9. The van der Waals surface area contributed by atoms with Gasteiger partial charge in [0.05, 0.1) is 11.7 Å². The summed E-state index contributed by atoms with van der Waals surface area (Å²) in [6.07, 6.45) is 9.59. The minimum absolute atomic E-state index is 0.0238. The zero-order chi connectivity index (χ0) is 19.7. The Hall–Kier alpha value is -1.88. The van der Waals surface area contributed by atoms with Gasteiger partial charge in [-0.05, 0) is 39.8 Å². The number of hydrogen-bond acceptors (Lipinski definition) is 4. The summed E-state index contributed by atoms with van der Waals surface area (Å²) in [6, 6.07) is 0.250. The molecule has 0 N–H and O–H groups in total. The molecule has 146 valence electrons. The second-order valence-corrected chi connectivity index (χ2v) is 6.55. The Balaban J connectivity index is 0.00000163. The molecule has 0 radical (unpaired) electrons. The average Bonchev–Trinajstić information content (AvgIpc) is 3.07. The molecule has 2 fully saturated rings. The van der Waals surface area contributed by atoms with Crippen LogP contribution in [0.15, 0.2) is 36.2 Å². The zero-order valence-corrected chi connectivity index (χ0v) is 17.1. The minimum atomic E-state index is -0.114. The molecular weight excluding hydrogens is 326 g/mol. The van der Waals surface area contributed by atoms with Gasteiger partial charge < -0.3 is 9.80 Å². The second-order valence-electron chi connectivity index (χ2n) is 6.55. The summed E-state index contributed by atoms with van der Waals surface area (Å²) in [5, 5.41) is 0. The Morgan fingerprint density at radius 3 is 2.50 bits per heavy atom. The van der Waals surface area contributed by atoms with Gasteiger partial charge in [-0.3, -0.25) is 14.5 Å². The molecule has 2 unspecified atom stereocenters. The van der Waals surface area contributed by atoms with Gasteiger partial charge in [-0.15, -0.1) is 0 Å². The molecule has 5 nitrogen and oxygen atoms in total. The first-order valence-corrected chi connectivity index (χ1v) is 9.80. The Bertz CT molecular complexity index is 553. The van der Waals surface area contributed by atoms with Crippen LogP contribution in [0, 0.1) is 0 Å². The summed E-state index contributed by atoms with van der Waals surface area (Å²) >= 11 is 0. The number of aldehydes is 1. The summed E-state index contributed by atoms with van der Waals surface area (Å²) < 4.78 is 0. The molecule has 2 atom stereocenters. The van der Waals surface area contributed by atoms with Gasteiger partial charge in [0, 0.05) is 30.9 Å². The molecular formula is C21H35N3O2. The van der Waals surface area contributed by atoms with E-state index in [1.54, 1.807) is 6.08 Å².